The van der Waals surface area contributed by atoms with E-state index in [-0.39, 0.29) is 5.91 Å². The topological polar surface area (TPSA) is 46.3 Å². The number of thiophene rings is 1. The molecule has 1 amide bonds. The molecule has 1 heterocycles. The third-order valence-electron chi connectivity index (χ3n) is 2.87. The summed E-state index contributed by atoms with van der Waals surface area (Å²) in [5.74, 6) is 0.00847. The van der Waals surface area contributed by atoms with Gasteiger partial charge in [-0.1, -0.05) is 12.1 Å². The first-order valence-electron chi connectivity index (χ1n) is 5.84. The Morgan fingerprint density at radius 1 is 1.33 bits per heavy atom. The maximum Gasteiger partial charge on any atom is 0.259 e. The third kappa shape index (κ3) is 2.24. The summed E-state index contributed by atoms with van der Waals surface area (Å²) >= 11 is 1.54. The average Bonchev–Trinajstić information content (AvgIpc) is 2.78. The van der Waals surface area contributed by atoms with Gasteiger partial charge in [0.2, 0.25) is 0 Å². The molecule has 0 aliphatic carbocycles. The summed E-state index contributed by atoms with van der Waals surface area (Å²) in [6.07, 6.45) is 0. The second-order valence-electron chi connectivity index (χ2n) is 4.08. The summed E-state index contributed by atoms with van der Waals surface area (Å²) in [5.41, 5.74) is 9.10. The van der Waals surface area contributed by atoms with Crippen LogP contribution in [0.3, 0.4) is 0 Å². The van der Waals surface area contributed by atoms with E-state index in [0.717, 1.165) is 16.8 Å². The quantitative estimate of drug-likeness (QED) is 0.861. The zero-order valence-electron chi connectivity index (χ0n) is 10.5. The molecule has 1 aromatic carbocycles. The van der Waals surface area contributed by atoms with E-state index >= 15 is 0 Å². The van der Waals surface area contributed by atoms with Crippen LogP contribution in [-0.2, 0) is 0 Å². The van der Waals surface area contributed by atoms with Crippen molar-refractivity contribution < 1.29 is 4.79 Å². The zero-order valence-corrected chi connectivity index (χ0v) is 11.3. The van der Waals surface area contributed by atoms with Crippen molar-refractivity contribution in [3.8, 4) is 0 Å². The molecular weight excluding hydrogens is 244 g/mol. The van der Waals surface area contributed by atoms with Gasteiger partial charge < -0.3 is 10.6 Å². The van der Waals surface area contributed by atoms with Gasteiger partial charge in [-0.25, -0.2) is 0 Å². The van der Waals surface area contributed by atoms with Crippen LogP contribution in [0.2, 0.25) is 0 Å². The fraction of sp³-hybridized carbons (Fsp3) is 0.214. The van der Waals surface area contributed by atoms with E-state index in [4.69, 9.17) is 5.73 Å². The first kappa shape index (κ1) is 12.6. The van der Waals surface area contributed by atoms with Crippen molar-refractivity contribution >= 4 is 28.6 Å². The fourth-order valence-electron chi connectivity index (χ4n) is 1.88. The summed E-state index contributed by atoms with van der Waals surface area (Å²) in [7, 11) is 0. The maximum absolute atomic E-state index is 12.5. The monoisotopic (exact) mass is 260 g/mol. The molecule has 0 bridgehead atoms. The minimum atomic E-state index is 0.00847. The van der Waals surface area contributed by atoms with E-state index in [9.17, 15) is 4.79 Å². The molecule has 0 saturated carbocycles. The number of benzene rings is 1. The van der Waals surface area contributed by atoms with Crippen LogP contribution in [0.5, 0.6) is 0 Å². The van der Waals surface area contributed by atoms with Gasteiger partial charge in [-0.15, -0.1) is 0 Å². The van der Waals surface area contributed by atoms with Crippen LogP contribution in [-0.4, -0.2) is 12.5 Å². The second kappa shape index (κ2) is 5.23. The third-order valence-corrected chi connectivity index (χ3v) is 3.74. The Hall–Kier alpha value is -1.81. The predicted molar refractivity (Wildman–Crippen MR) is 77.3 cm³/mol. The number of anilines is 2. The molecule has 4 heteroatoms. The molecule has 0 aliphatic heterocycles. The minimum absolute atomic E-state index is 0.00847. The normalized spacial score (nSPS) is 10.3. The summed E-state index contributed by atoms with van der Waals surface area (Å²) < 4.78 is 0. The van der Waals surface area contributed by atoms with Crippen LogP contribution in [0.15, 0.2) is 35.0 Å². The smallest absolute Gasteiger partial charge is 0.259 e. The van der Waals surface area contributed by atoms with E-state index in [1.165, 1.54) is 0 Å². The molecule has 18 heavy (non-hydrogen) atoms. The molecule has 2 aromatic rings. The Morgan fingerprint density at radius 2 is 2.06 bits per heavy atom. The summed E-state index contributed by atoms with van der Waals surface area (Å²) in [4.78, 5) is 14.2. The van der Waals surface area contributed by atoms with Crippen LogP contribution in [0.4, 0.5) is 11.4 Å². The zero-order chi connectivity index (χ0) is 13.1. The van der Waals surface area contributed by atoms with E-state index in [1.54, 1.807) is 16.2 Å². The van der Waals surface area contributed by atoms with Gasteiger partial charge in [0.05, 0.1) is 16.9 Å². The molecule has 0 unspecified atom stereocenters. The Bertz CT molecular complexity index is 562. The maximum atomic E-state index is 12.5. The lowest BCUT2D eigenvalue weighted by Crippen LogP contribution is -2.31. The molecule has 2 rings (SSSR count). The highest BCUT2D eigenvalue weighted by atomic mass is 32.1. The van der Waals surface area contributed by atoms with Crippen molar-refractivity contribution in [1.82, 2.24) is 0 Å². The van der Waals surface area contributed by atoms with Crippen molar-refractivity contribution in [3.05, 3.63) is 46.2 Å². The Labute approximate surface area is 111 Å². The first-order chi connectivity index (χ1) is 8.65. The number of aryl methyl sites for hydroxylation is 1. The van der Waals surface area contributed by atoms with Crippen LogP contribution in [0, 0.1) is 6.92 Å². The van der Waals surface area contributed by atoms with Crippen molar-refractivity contribution in [2.24, 2.45) is 0 Å². The molecule has 0 atom stereocenters. The number of hydrogen-bond donors (Lipinski definition) is 1. The lowest BCUT2D eigenvalue weighted by Gasteiger charge is -2.22. The van der Waals surface area contributed by atoms with Gasteiger partial charge in [0.15, 0.2) is 0 Å². The van der Waals surface area contributed by atoms with Gasteiger partial charge in [-0.05, 0) is 36.9 Å². The van der Waals surface area contributed by atoms with Gasteiger partial charge in [0.1, 0.15) is 0 Å². The lowest BCUT2D eigenvalue weighted by molar-refractivity contribution is 0.0988. The summed E-state index contributed by atoms with van der Waals surface area (Å²) in [6.45, 7) is 4.50. The second-order valence-corrected chi connectivity index (χ2v) is 4.82. The van der Waals surface area contributed by atoms with E-state index < -0.39 is 0 Å². The summed E-state index contributed by atoms with van der Waals surface area (Å²) in [5, 5.41) is 3.87. The molecule has 0 saturated heterocycles. The Kier molecular flexibility index (Phi) is 3.67. The van der Waals surface area contributed by atoms with Crippen LogP contribution in [0.1, 0.15) is 22.8 Å². The highest BCUT2D eigenvalue weighted by molar-refractivity contribution is 7.08. The van der Waals surface area contributed by atoms with Crippen molar-refractivity contribution in [1.29, 1.82) is 0 Å². The van der Waals surface area contributed by atoms with Gasteiger partial charge in [-0.3, -0.25) is 4.79 Å². The van der Waals surface area contributed by atoms with Crippen LogP contribution >= 0.6 is 11.3 Å². The van der Waals surface area contributed by atoms with E-state index in [0.29, 0.717) is 12.2 Å². The number of para-hydroxylation sites is 2. The molecule has 1 aromatic heterocycles. The number of nitrogens with two attached hydrogens (primary N) is 1. The van der Waals surface area contributed by atoms with E-state index in [2.05, 4.69) is 0 Å². The van der Waals surface area contributed by atoms with Crippen LogP contribution < -0.4 is 10.6 Å². The number of carbonyl (C=O) groups excluding carboxylic acids is 1. The molecule has 0 spiro atoms. The average molecular weight is 260 g/mol. The number of carbonyl (C=O) groups is 1. The minimum Gasteiger partial charge on any atom is -0.397 e. The lowest BCUT2D eigenvalue weighted by atomic mass is 10.1. The van der Waals surface area contributed by atoms with Gasteiger partial charge >= 0.3 is 0 Å². The van der Waals surface area contributed by atoms with Crippen LogP contribution in [0.25, 0.3) is 0 Å². The number of nitrogen functional groups attached to an aromatic ring is 1. The standard InChI is InChI=1S/C14H16N2OS/c1-3-16(13-7-5-4-6-12(13)15)14(17)11-9-18-8-10(11)2/h4-9H,3,15H2,1-2H3. The highest BCUT2D eigenvalue weighted by Crippen LogP contribution is 2.25. The Morgan fingerprint density at radius 3 is 2.61 bits per heavy atom. The molecule has 0 fully saturated rings. The summed E-state index contributed by atoms with van der Waals surface area (Å²) in [6, 6.07) is 7.44. The van der Waals surface area contributed by atoms with Gasteiger partial charge in [0, 0.05) is 11.9 Å². The largest absolute Gasteiger partial charge is 0.397 e. The fourth-order valence-corrected chi connectivity index (χ4v) is 2.70. The van der Waals surface area contributed by atoms with Gasteiger partial charge in [-0.2, -0.15) is 11.3 Å². The van der Waals surface area contributed by atoms with E-state index in [1.807, 2.05) is 48.9 Å². The molecule has 3 nitrogen and oxygen atoms in total. The molecule has 0 radical (unpaired) electrons. The predicted octanol–water partition coefficient (Wildman–Crippen LogP) is 3.31. The number of hydrogen-bond acceptors (Lipinski definition) is 3. The highest BCUT2D eigenvalue weighted by Gasteiger charge is 2.19. The van der Waals surface area contributed by atoms with Gasteiger partial charge in [0.25, 0.3) is 5.91 Å². The molecule has 2 N–H and O–H groups in total. The van der Waals surface area contributed by atoms with Crippen molar-refractivity contribution in [2.45, 2.75) is 13.8 Å². The number of nitrogens with zero attached hydrogens (tertiary/aromatic N) is 1. The van der Waals surface area contributed by atoms with Crippen molar-refractivity contribution in [3.63, 3.8) is 0 Å². The SMILES string of the molecule is CCN(C(=O)c1cscc1C)c1ccccc1N. The number of amides is 1. The van der Waals surface area contributed by atoms with Crippen molar-refractivity contribution in [2.75, 3.05) is 17.2 Å². The Balaban J connectivity index is 2.39. The molecule has 94 valence electrons. The molecular formula is C14H16N2OS. The number of rotatable bonds is 3. The molecule has 0 aliphatic rings. The first-order valence-corrected chi connectivity index (χ1v) is 6.78.